The highest BCUT2D eigenvalue weighted by Crippen LogP contribution is 2.26. The van der Waals surface area contributed by atoms with Crippen molar-refractivity contribution in [3.05, 3.63) is 70.5 Å². The predicted molar refractivity (Wildman–Crippen MR) is 120 cm³/mol. The fourth-order valence-corrected chi connectivity index (χ4v) is 3.35. The van der Waals surface area contributed by atoms with Crippen molar-refractivity contribution in [2.24, 2.45) is 0 Å². The summed E-state index contributed by atoms with van der Waals surface area (Å²) in [6.07, 6.45) is 0. The van der Waals surface area contributed by atoms with Gasteiger partial charge < -0.3 is 15.4 Å². The summed E-state index contributed by atoms with van der Waals surface area (Å²) in [6.45, 7) is 7.10. The lowest BCUT2D eigenvalue weighted by molar-refractivity contribution is 0.342. The minimum atomic E-state index is 0.482. The van der Waals surface area contributed by atoms with Crippen LogP contribution >= 0.6 is 23.8 Å². The first kappa shape index (κ1) is 20.2. The van der Waals surface area contributed by atoms with E-state index >= 15 is 0 Å². The number of para-hydroxylation sites is 2. The lowest BCUT2D eigenvalue weighted by Crippen LogP contribution is -2.20. The van der Waals surface area contributed by atoms with Crippen LogP contribution in [0.3, 0.4) is 0 Å². The highest BCUT2D eigenvalue weighted by Gasteiger charge is 2.14. The van der Waals surface area contributed by atoms with E-state index in [2.05, 4.69) is 15.7 Å². The Labute approximate surface area is 175 Å². The number of halogens is 1. The molecule has 1 aromatic heterocycles. The van der Waals surface area contributed by atoms with Gasteiger partial charge in [0.2, 0.25) is 0 Å². The van der Waals surface area contributed by atoms with Gasteiger partial charge in [-0.2, -0.15) is 5.10 Å². The number of hydrogen-bond donors (Lipinski definition) is 2. The molecule has 0 spiro atoms. The number of hydrogen-bond acceptors (Lipinski definition) is 3. The van der Waals surface area contributed by atoms with E-state index in [9.17, 15) is 0 Å². The summed E-state index contributed by atoms with van der Waals surface area (Å²) < 4.78 is 7.56. The third kappa shape index (κ3) is 4.64. The first-order chi connectivity index (χ1) is 13.5. The zero-order valence-corrected chi connectivity index (χ0v) is 17.7. The van der Waals surface area contributed by atoms with Crippen LogP contribution in [0, 0.1) is 13.8 Å². The number of nitrogens with zero attached hydrogens (tertiary/aromatic N) is 2. The van der Waals surface area contributed by atoms with Crippen molar-refractivity contribution in [2.45, 2.75) is 27.3 Å². The Morgan fingerprint density at radius 1 is 1.11 bits per heavy atom. The topological polar surface area (TPSA) is 51.1 Å². The van der Waals surface area contributed by atoms with Crippen LogP contribution in [0.5, 0.6) is 5.75 Å². The maximum Gasteiger partial charge on any atom is 0.175 e. The molecule has 0 aliphatic carbocycles. The molecule has 0 atom stereocenters. The van der Waals surface area contributed by atoms with E-state index < -0.39 is 0 Å². The van der Waals surface area contributed by atoms with Crippen molar-refractivity contribution in [3.63, 3.8) is 0 Å². The molecule has 1 heterocycles. The van der Waals surface area contributed by atoms with E-state index in [1.54, 1.807) is 0 Å². The van der Waals surface area contributed by atoms with Crippen LogP contribution in [0.25, 0.3) is 0 Å². The van der Waals surface area contributed by atoms with Crippen LogP contribution in [-0.2, 0) is 6.54 Å². The second kappa shape index (κ2) is 9.08. The Hall–Kier alpha value is -2.57. The standard InChI is InChI=1S/C21H23ClN4OS/c1-4-27-19-12-8-7-11-18(19)23-21(28)24-20-14(2)25-26(15(20)3)13-16-9-5-6-10-17(16)22/h5-12H,4,13H2,1-3H3,(H2,23,24,28). The van der Waals surface area contributed by atoms with Crippen molar-refractivity contribution in [1.29, 1.82) is 0 Å². The number of aryl methyl sites for hydroxylation is 1. The van der Waals surface area contributed by atoms with Crippen LogP contribution in [0.2, 0.25) is 5.02 Å². The fraction of sp³-hybridized carbons (Fsp3) is 0.238. The highest BCUT2D eigenvalue weighted by atomic mass is 35.5. The number of benzene rings is 2. The first-order valence-electron chi connectivity index (χ1n) is 9.06. The molecule has 0 saturated heterocycles. The smallest absolute Gasteiger partial charge is 0.175 e. The molecule has 5 nitrogen and oxygen atoms in total. The lowest BCUT2D eigenvalue weighted by atomic mass is 10.2. The maximum atomic E-state index is 6.29. The molecule has 3 rings (SSSR count). The van der Waals surface area contributed by atoms with Crippen molar-refractivity contribution in [2.75, 3.05) is 17.2 Å². The van der Waals surface area contributed by atoms with Gasteiger partial charge in [0, 0.05) is 5.02 Å². The largest absolute Gasteiger partial charge is 0.492 e. The van der Waals surface area contributed by atoms with E-state index in [1.165, 1.54) is 0 Å². The summed E-state index contributed by atoms with van der Waals surface area (Å²) in [4.78, 5) is 0. The molecule has 28 heavy (non-hydrogen) atoms. The molecule has 3 aromatic rings. The molecular formula is C21H23ClN4OS. The van der Waals surface area contributed by atoms with Gasteiger partial charge in [-0.1, -0.05) is 41.9 Å². The number of anilines is 2. The number of nitrogens with one attached hydrogen (secondary N) is 2. The van der Waals surface area contributed by atoms with E-state index in [0.717, 1.165) is 39.1 Å². The van der Waals surface area contributed by atoms with Gasteiger partial charge in [-0.15, -0.1) is 0 Å². The summed E-state index contributed by atoms with van der Waals surface area (Å²) in [5.74, 6) is 0.761. The van der Waals surface area contributed by atoms with E-state index in [-0.39, 0.29) is 0 Å². The van der Waals surface area contributed by atoms with E-state index in [1.807, 2.05) is 74.0 Å². The monoisotopic (exact) mass is 414 g/mol. The molecule has 0 radical (unpaired) electrons. The van der Waals surface area contributed by atoms with Gasteiger partial charge >= 0.3 is 0 Å². The average molecular weight is 415 g/mol. The number of rotatable bonds is 6. The van der Waals surface area contributed by atoms with Crippen LogP contribution in [0.1, 0.15) is 23.9 Å². The summed E-state index contributed by atoms with van der Waals surface area (Å²) in [7, 11) is 0. The Morgan fingerprint density at radius 3 is 2.57 bits per heavy atom. The minimum Gasteiger partial charge on any atom is -0.492 e. The van der Waals surface area contributed by atoms with Gasteiger partial charge in [-0.05, 0) is 56.8 Å². The normalized spacial score (nSPS) is 10.6. The molecular weight excluding hydrogens is 392 g/mol. The second-order valence-corrected chi connectivity index (χ2v) is 7.12. The van der Waals surface area contributed by atoms with E-state index in [4.69, 9.17) is 28.6 Å². The van der Waals surface area contributed by atoms with Gasteiger partial charge in [0.25, 0.3) is 0 Å². The molecule has 0 aliphatic heterocycles. The van der Waals surface area contributed by atoms with Crippen LogP contribution < -0.4 is 15.4 Å². The molecule has 0 saturated carbocycles. The maximum absolute atomic E-state index is 6.29. The number of aromatic nitrogens is 2. The zero-order chi connectivity index (χ0) is 20.1. The molecule has 0 fully saturated rings. The fourth-order valence-electron chi connectivity index (χ4n) is 2.94. The third-order valence-corrected chi connectivity index (χ3v) is 4.91. The van der Waals surface area contributed by atoms with Gasteiger partial charge in [0.1, 0.15) is 5.75 Å². The van der Waals surface area contributed by atoms with Crippen LogP contribution in [0.4, 0.5) is 11.4 Å². The summed E-state index contributed by atoms with van der Waals surface area (Å²) in [5.41, 5.74) is 4.58. The summed E-state index contributed by atoms with van der Waals surface area (Å²) >= 11 is 11.8. The number of thiocarbonyl (C=S) groups is 1. The van der Waals surface area contributed by atoms with Crippen molar-refractivity contribution < 1.29 is 4.74 Å². The van der Waals surface area contributed by atoms with Gasteiger partial charge in [0.15, 0.2) is 5.11 Å². The minimum absolute atomic E-state index is 0.482. The lowest BCUT2D eigenvalue weighted by Gasteiger charge is -2.14. The predicted octanol–water partition coefficient (Wildman–Crippen LogP) is 5.41. The Morgan fingerprint density at radius 2 is 1.82 bits per heavy atom. The molecule has 0 aliphatic rings. The molecule has 2 aromatic carbocycles. The van der Waals surface area contributed by atoms with Gasteiger partial charge in [-0.3, -0.25) is 4.68 Å². The van der Waals surface area contributed by atoms with E-state index in [0.29, 0.717) is 18.3 Å². The molecule has 7 heteroatoms. The SMILES string of the molecule is CCOc1ccccc1NC(=S)Nc1c(C)nn(Cc2ccccc2Cl)c1C. The molecule has 0 amide bonds. The molecule has 0 bridgehead atoms. The average Bonchev–Trinajstić information content (AvgIpc) is 2.93. The zero-order valence-electron chi connectivity index (χ0n) is 16.1. The van der Waals surface area contributed by atoms with Crippen LogP contribution in [-0.4, -0.2) is 21.5 Å². The van der Waals surface area contributed by atoms with Crippen molar-refractivity contribution in [3.8, 4) is 5.75 Å². The quantitative estimate of drug-likeness (QED) is 0.528. The van der Waals surface area contributed by atoms with Crippen molar-refractivity contribution in [1.82, 2.24) is 9.78 Å². The molecule has 146 valence electrons. The second-order valence-electron chi connectivity index (χ2n) is 6.30. The Bertz CT molecular complexity index is 986. The molecule has 2 N–H and O–H groups in total. The summed E-state index contributed by atoms with van der Waals surface area (Å²) in [6, 6.07) is 15.5. The van der Waals surface area contributed by atoms with Gasteiger partial charge in [-0.25, -0.2) is 0 Å². The number of ether oxygens (including phenoxy) is 1. The first-order valence-corrected chi connectivity index (χ1v) is 9.85. The van der Waals surface area contributed by atoms with Crippen LogP contribution in [0.15, 0.2) is 48.5 Å². The third-order valence-electron chi connectivity index (χ3n) is 4.33. The van der Waals surface area contributed by atoms with Crippen molar-refractivity contribution >= 4 is 40.3 Å². The Kier molecular flexibility index (Phi) is 6.54. The Balaban J connectivity index is 1.75. The molecule has 0 unspecified atom stereocenters. The van der Waals surface area contributed by atoms with Gasteiger partial charge in [0.05, 0.1) is 35.9 Å². The summed E-state index contributed by atoms with van der Waals surface area (Å²) in [5, 5.41) is 12.3. The highest BCUT2D eigenvalue weighted by molar-refractivity contribution is 7.80.